The minimum Gasteiger partial charge on any atom is -0.270 e. The van der Waals surface area contributed by atoms with Gasteiger partial charge in [0.2, 0.25) is 0 Å². The number of hydrogen-bond acceptors (Lipinski definition) is 0. The zero-order valence-electron chi connectivity index (χ0n) is 5.65. The standard InChI is InChI=1S/C5H14NSi/c1-5-6-7(2,3)4/h5H2,1-4H3. The fourth-order valence-electron chi connectivity index (χ4n) is 0.474. The molecule has 0 aliphatic heterocycles. The van der Waals surface area contributed by atoms with E-state index in [2.05, 4.69) is 31.5 Å². The van der Waals surface area contributed by atoms with Crippen molar-refractivity contribution >= 4 is 8.24 Å². The summed E-state index contributed by atoms with van der Waals surface area (Å²) in [4.78, 5) is 4.40. The van der Waals surface area contributed by atoms with Crippen LogP contribution in [0.2, 0.25) is 19.6 Å². The molecule has 0 rings (SSSR count). The molecule has 0 aromatic rings. The topological polar surface area (TPSA) is 14.1 Å². The molecule has 0 amide bonds. The lowest BCUT2D eigenvalue weighted by molar-refractivity contribution is 0.950. The van der Waals surface area contributed by atoms with E-state index < -0.39 is 8.24 Å². The molecule has 0 unspecified atom stereocenters. The highest BCUT2D eigenvalue weighted by molar-refractivity contribution is 6.73. The Balaban J connectivity index is 3.15. The lowest BCUT2D eigenvalue weighted by atomic mass is 10.8. The molecule has 0 saturated carbocycles. The lowest BCUT2D eigenvalue weighted by Crippen LogP contribution is -2.34. The van der Waals surface area contributed by atoms with E-state index >= 15 is 0 Å². The van der Waals surface area contributed by atoms with Gasteiger partial charge in [-0.05, 0) is 0 Å². The van der Waals surface area contributed by atoms with Crippen LogP contribution in [0, 0.1) is 0 Å². The van der Waals surface area contributed by atoms with Crippen molar-refractivity contribution in [2.24, 2.45) is 0 Å². The molecule has 7 heavy (non-hydrogen) atoms. The lowest BCUT2D eigenvalue weighted by Gasteiger charge is -2.12. The Bertz CT molecular complexity index is 46.5. The summed E-state index contributed by atoms with van der Waals surface area (Å²) in [6.07, 6.45) is 0. The van der Waals surface area contributed by atoms with Gasteiger partial charge in [0.05, 0.1) is 0 Å². The molecule has 1 nitrogen and oxygen atoms in total. The van der Waals surface area contributed by atoms with E-state index in [1.807, 2.05) is 0 Å². The fourth-order valence-corrected chi connectivity index (χ4v) is 1.42. The fraction of sp³-hybridized carbons (Fsp3) is 1.00. The molecule has 43 valence electrons. The molecule has 0 fully saturated rings. The molecule has 0 N–H and O–H groups in total. The van der Waals surface area contributed by atoms with Crippen LogP contribution in [0.15, 0.2) is 0 Å². The second-order valence-electron chi connectivity index (χ2n) is 2.65. The molecule has 2 heteroatoms. The summed E-state index contributed by atoms with van der Waals surface area (Å²) in [7, 11) is -1.03. The maximum atomic E-state index is 4.40. The van der Waals surface area contributed by atoms with Gasteiger partial charge in [-0.25, -0.2) is 0 Å². The van der Waals surface area contributed by atoms with Crippen molar-refractivity contribution in [2.75, 3.05) is 6.54 Å². The summed E-state index contributed by atoms with van der Waals surface area (Å²) in [6, 6.07) is 0. The van der Waals surface area contributed by atoms with E-state index in [1.54, 1.807) is 0 Å². The molecule has 0 saturated heterocycles. The van der Waals surface area contributed by atoms with Gasteiger partial charge in [0, 0.05) is 6.54 Å². The van der Waals surface area contributed by atoms with Crippen molar-refractivity contribution in [1.82, 2.24) is 4.98 Å². The zero-order chi connectivity index (χ0) is 5.91. The molecule has 0 aromatic heterocycles. The third-order valence-electron chi connectivity index (χ3n) is 0.632. The van der Waals surface area contributed by atoms with Crippen LogP contribution < -0.4 is 4.98 Å². The van der Waals surface area contributed by atoms with E-state index in [0.29, 0.717) is 0 Å². The third kappa shape index (κ3) is 6.18. The first kappa shape index (κ1) is 7.18. The number of hydrogen-bond donors (Lipinski definition) is 0. The van der Waals surface area contributed by atoms with E-state index in [-0.39, 0.29) is 0 Å². The molecule has 0 spiro atoms. The van der Waals surface area contributed by atoms with Crippen LogP contribution in [0.3, 0.4) is 0 Å². The van der Waals surface area contributed by atoms with Crippen molar-refractivity contribution in [2.45, 2.75) is 26.6 Å². The molecule has 1 radical (unpaired) electrons. The molecule has 0 atom stereocenters. The first-order valence-electron chi connectivity index (χ1n) is 2.75. The van der Waals surface area contributed by atoms with Crippen LogP contribution in [-0.4, -0.2) is 14.8 Å². The summed E-state index contributed by atoms with van der Waals surface area (Å²) >= 11 is 0. The van der Waals surface area contributed by atoms with Gasteiger partial charge in [0.1, 0.15) is 8.24 Å². The van der Waals surface area contributed by atoms with E-state index in [9.17, 15) is 0 Å². The van der Waals surface area contributed by atoms with Gasteiger partial charge in [-0.3, -0.25) is 4.98 Å². The Kier molecular flexibility index (Phi) is 2.54. The Morgan fingerprint density at radius 3 is 1.71 bits per heavy atom. The normalized spacial score (nSPS) is 12.0. The van der Waals surface area contributed by atoms with Crippen LogP contribution in [-0.2, 0) is 0 Å². The van der Waals surface area contributed by atoms with Gasteiger partial charge in [0.25, 0.3) is 0 Å². The molecule has 0 aliphatic carbocycles. The van der Waals surface area contributed by atoms with Crippen LogP contribution in [0.4, 0.5) is 0 Å². The highest BCUT2D eigenvalue weighted by Gasteiger charge is 2.10. The summed E-state index contributed by atoms with van der Waals surface area (Å²) in [6.45, 7) is 9.83. The van der Waals surface area contributed by atoms with Gasteiger partial charge in [-0.2, -0.15) is 0 Å². The van der Waals surface area contributed by atoms with Gasteiger partial charge in [-0.1, -0.05) is 26.6 Å². The summed E-state index contributed by atoms with van der Waals surface area (Å²) in [5.74, 6) is 0. The van der Waals surface area contributed by atoms with Crippen molar-refractivity contribution < 1.29 is 0 Å². The van der Waals surface area contributed by atoms with Crippen molar-refractivity contribution in [3.63, 3.8) is 0 Å². The SMILES string of the molecule is CC[N][Si](C)(C)C. The quantitative estimate of drug-likeness (QED) is 0.485. The molecular weight excluding hydrogens is 102 g/mol. The van der Waals surface area contributed by atoms with Crippen LogP contribution >= 0.6 is 0 Å². The van der Waals surface area contributed by atoms with Gasteiger partial charge < -0.3 is 0 Å². The minimum atomic E-state index is -1.03. The Morgan fingerprint density at radius 1 is 1.29 bits per heavy atom. The molecule has 0 bridgehead atoms. The largest absolute Gasteiger partial charge is 0.270 e. The summed E-state index contributed by atoms with van der Waals surface area (Å²) in [5, 5.41) is 0. The maximum absolute atomic E-state index is 4.40. The Morgan fingerprint density at radius 2 is 1.71 bits per heavy atom. The van der Waals surface area contributed by atoms with Crippen LogP contribution in [0.25, 0.3) is 0 Å². The summed E-state index contributed by atoms with van der Waals surface area (Å²) in [5.41, 5.74) is 0. The van der Waals surface area contributed by atoms with Crippen LogP contribution in [0.1, 0.15) is 6.92 Å². The molecular formula is C5H14NSi. The zero-order valence-corrected chi connectivity index (χ0v) is 6.65. The van der Waals surface area contributed by atoms with E-state index in [4.69, 9.17) is 0 Å². The van der Waals surface area contributed by atoms with Crippen molar-refractivity contribution in [3.8, 4) is 0 Å². The second kappa shape index (κ2) is 2.48. The van der Waals surface area contributed by atoms with Gasteiger partial charge >= 0.3 is 0 Å². The predicted octanol–water partition coefficient (Wildman–Crippen LogP) is 1.45. The van der Waals surface area contributed by atoms with Crippen LogP contribution in [0.5, 0.6) is 0 Å². The predicted molar refractivity (Wildman–Crippen MR) is 36.0 cm³/mol. The average molecular weight is 116 g/mol. The van der Waals surface area contributed by atoms with Crippen molar-refractivity contribution in [1.29, 1.82) is 0 Å². The third-order valence-corrected chi connectivity index (χ3v) is 1.90. The number of nitrogens with zero attached hydrogens (tertiary/aromatic N) is 1. The van der Waals surface area contributed by atoms with E-state index in [0.717, 1.165) is 6.54 Å². The van der Waals surface area contributed by atoms with Gasteiger partial charge in [0.15, 0.2) is 0 Å². The smallest absolute Gasteiger partial charge is 0.136 e. The molecule has 0 heterocycles. The molecule has 0 aromatic carbocycles. The first-order chi connectivity index (χ1) is 3.06. The highest BCUT2D eigenvalue weighted by atomic mass is 28.3. The Labute approximate surface area is 47.2 Å². The van der Waals surface area contributed by atoms with Gasteiger partial charge in [-0.15, -0.1) is 0 Å². The number of rotatable bonds is 2. The maximum Gasteiger partial charge on any atom is 0.136 e. The minimum absolute atomic E-state index is 0.996. The van der Waals surface area contributed by atoms with E-state index in [1.165, 1.54) is 0 Å². The highest BCUT2D eigenvalue weighted by Crippen LogP contribution is 1.93. The first-order valence-corrected chi connectivity index (χ1v) is 6.19. The summed E-state index contributed by atoms with van der Waals surface area (Å²) < 4.78 is 0. The average Bonchev–Trinajstić information content (AvgIpc) is 1.30. The monoisotopic (exact) mass is 116 g/mol. The van der Waals surface area contributed by atoms with Crippen molar-refractivity contribution in [3.05, 3.63) is 0 Å². The second-order valence-corrected chi connectivity index (χ2v) is 7.30. The molecule has 0 aliphatic rings. The Hall–Kier alpha value is 0.177.